The van der Waals surface area contributed by atoms with Crippen molar-refractivity contribution in [2.45, 2.75) is 64.2 Å². The molecule has 0 amide bonds. The Morgan fingerprint density at radius 2 is 1.41 bits per heavy atom. The van der Waals surface area contributed by atoms with E-state index >= 15 is 0 Å². The van der Waals surface area contributed by atoms with Crippen LogP contribution in [0.1, 0.15) is 66.0 Å². The van der Waals surface area contributed by atoms with E-state index in [9.17, 15) is 49.4 Å². The minimum absolute atomic E-state index is 0. The molecule has 0 aliphatic heterocycles. The summed E-state index contributed by atoms with van der Waals surface area (Å²) in [6, 6.07) is 9.32. The molecule has 4 aromatic rings. The van der Waals surface area contributed by atoms with Crippen molar-refractivity contribution >= 4 is 23.5 Å². The molecule has 17 heteroatoms. The second-order valence-electron chi connectivity index (χ2n) is 11.6. The topological polar surface area (TPSA) is 78.4 Å². The number of carboxylic acid groups (broad SMARTS) is 1. The zero-order valence-electron chi connectivity index (χ0n) is 27.3. The molecule has 1 heterocycles. The molecule has 51 heavy (non-hydrogen) atoms. The largest absolute Gasteiger partial charge is 1.00 e. The van der Waals surface area contributed by atoms with Crippen molar-refractivity contribution in [3.63, 3.8) is 0 Å². The summed E-state index contributed by atoms with van der Waals surface area (Å²) in [6.07, 6.45) is -13.2. The van der Waals surface area contributed by atoms with Crippen molar-refractivity contribution in [3.8, 4) is 16.9 Å². The Hall–Kier alpha value is -3.53. The number of nitrogens with zero attached hydrogens (tertiary/aromatic N) is 3. The number of benzene rings is 3. The number of ether oxygens (including phenoxy) is 1. The number of aromatic nitrogens is 2. The second-order valence-corrected chi connectivity index (χ2v) is 12.0. The molecular weight excluding hydrogens is 728 g/mol. The molecule has 0 aliphatic carbocycles. The molecule has 0 saturated heterocycles. The summed E-state index contributed by atoms with van der Waals surface area (Å²) in [6.45, 7) is 2.46. The molecule has 0 N–H and O–H groups in total. The van der Waals surface area contributed by atoms with E-state index in [4.69, 9.17) is 16.3 Å². The summed E-state index contributed by atoms with van der Waals surface area (Å²) in [5.74, 6) is -1.53. The molecule has 4 rings (SSSR count). The van der Waals surface area contributed by atoms with Crippen molar-refractivity contribution in [2.75, 3.05) is 11.5 Å². The average molecular weight is 756 g/mol. The number of hydrogen-bond acceptors (Lipinski definition) is 6. The predicted octanol–water partition coefficient (Wildman–Crippen LogP) is 6.10. The zero-order chi connectivity index (χ0) is 37.0. The fourth-order valence-corrected chi connectivity index (χ4v) is 5.36. The van der Waals surface area contributed by atoms with Gasteiger partial charge < -0.3 is 19.5 Å². The summed E-state index contributed by atoms with van der Waals surface area (Å²) in [5, 5.41) is 10.4. The Labute approximate surface area is 313 Å². The Bertz CT molecular complexity index is 1780. The van der Waals surface area contributed by atoms with Gasteiger partial charge in [0, 0.05) is 29.6 Å². The molecule has 0 bridgehead atoms. The SMILES string of the molecule is CC(C)c1cccc(-c2c(Cl)cc(C(F)(F)F)cc2CN(Cc2cc(C(F)(F)F)cc(C(F)(F)F)c2)c2ncc(OCCCC(=O)[O-])cn2)c1.[Na+]. The monoisotopic (exact) mass is 755 g/mol. The summed E-state index contributed by atoms with van der Waals surface area (Å²) in [4.78, 5) is 20.0. The van der Waals surface area contributed by atoms with Gasteiger partial charge in [-0.1, -0.05) is 49.7 Å². The van der Waals surface area contributed by atoms with E-state index in [0.717, 1.165) is 35.0 Å². The van der Waals surface area contributed by atoms with E-state index < -0.39 is 59.8 Å². The summed E-state index contributed by atoms with van der Waals surface area (Å²) in [7, 11) is 0. The van der Waals surface area contributed by atoms with Gasteiger partial charge >= 0.3 is 48.1 Å². The minimum atomic E-state index is -5.16. The van der Waals surface area contributed by atoms with Crippen molar-refractivity contribution < 1.29 is 83.7 Å². The van der Waals surface area contributed by atoms with Crippen LogP contribution >= 0.6 is 11.6 Å². The average Bonchev–Trinajstić information content (AvgIpc) is 3.01. The third kappa shape index (κ3) is 11.5. The van der Waals surface area contributed by atoms with Crippen LogP contribution in [-0.2, 0) is 36.4 Å². The van der Waals surface area contributed by atoms with Crippen LogP contribution in [-0.4, -0.2) is 22.5 Å². The summed E-state index contributed by atoms with van der Waals surface area (Å²) < 4.78 is 130. The number of carbonyl (C=O) groups is 1. The van der Waals surface area contributed by atoms with Gasteiger partial charge in [-0.3, -0.25) is 0 Å². The van der Waals surface area contributed by atoms with Crippen molar-refractivity contribution in [1.82, 2.24) is 9.97 Å². The predicted molar refractivity (Wildman–Crippen MR) is 164 cm³/mol. The quantitative estimate of drug-likeness (QED) is 0.0990. The molecule has 0 saturated carbocycles. The molecule has 0 atom stereocenters. The van der Waals surface area contributed by atoms with Gasteiger partial charge in [0.15, 0.2) is 5.75 Å². The van der Waals surface area contributed by atoms with Crippen LogP contribution < -0.4 is 44.3 Å². The molecule has 6 nitrogen and oxygen atoms in total. The number of carbonyl (C=O) groups excluding carboxylic acids is 1. The zero-order valence-corrected chi connectivity index (χ0v) is 30.1. The van der Waals surface area contributed by atoms with Crippen LogP contribution in [0, 0.1) is 0 Å². The smallest absolute Gasteiger partial charge is 0.550 e. The summed E-state index contributed by atoms with van der Waals surface area (Å²) >= 11 is 6.48. The summed E-state index contributed by atoms with van der Waals surface area (Å²) in [5.41, 5.74) is -3.47. The number of rotatable bonds is 12. The van der Waals surface area contributed by atoms with Gasteiger partial charge in [-0.2, -0.15) is 39.5 Å². The first-order valence-corrected chi connectivity index (χ1v) is 15.3. The van der Waals surface area contributed by atoms with E-state index in [2.05, 4.69) is 9.97 Å². The molecule has 3 aromatic carbocycles. The molecule has 0 fully saturated rings. The van der Waals surface area contributed by atoms with E-state index in [1.807, 2.05) is 13.8 Å². The van der Waals surface area contributed by atoms with Gasteiger partial charge in [-0.15, -0.1) is 0 Å². The minimum Gasteiger partial charge on any atom is -0.550 e. The van der Waals surface area contributed by atoms with Crippen LogP contribution in [0.4, 0.5) is 45.5 Å². The number of carboxylic acids is 1. The van der Waals surface area contributed by atoms with Gasteiger partial charge in [0.05, 0.1) is 35.7 Å². The molecule has 0 unspecified atom stereocenters. The normalized spacial score (nSPS) is 12.1. The fourth-order valence-electron chi connectivity index (χ4n) is 5.02. The van der Waals surface area contributed by atoms with Gasteiger partial charge in [0.2, 0.25) is 5.95 Å². The van der Waals surface area contributed by atoms with Crippen LogP contribution in [0.5, 0.6) is 5.75 Å². The number of aliphatic carboxylic acids is 1. The van der Waals surface area contributed by atoms with Crippen LogP contribution in [0.3, 0.4) is 0 Å². The second kappa shape index (κ2) is 16.9. The van der Waals surface area contributed by atoms with Gasteiger partial charge in [0.25, 0.3) is 0 Å². The van der Waals surface area contributed by atoms with Gasteiger partial charge in [-0.05, 0) is 71.3 Å². The van der Waals surface area contributed by atoms with E-state index in [0.29, 0.717) is 17.7 Å². The number of alkyl halides is 9. The maximum Gasteiger partial charge on any atom is 1.00 e. The van der Waals surface area contributed by atoms with Crippen LogP contribution in [0.2, 0.25) is 5.02 Å². The third-order valence-corrected chi connectivity index (χ3v) is 7.71. The van der Waals surface area contributed by atoms with Gasteiger partial charge in [-0.25, -0.2) is 9.97 Å². The van der Waals surface area contributed by atoms with E-state index in [1.54, 1.807) is 24.3 Å². The van der Waals surface area contributed by atoms with Gasteiger partial charge in [0.1, 0.15) is 0 Å². The molecular formula is C34H28ClF9N3NaO3. The van der Waals surface area contributed by atoms with Crippen LogP contribution in [0.15, 0.2) is 67.0 Å². The maximum atomic E-state index is 14.0. The van der Waals surface area contributed by atoms with Crippen LogP contribution in [0.25, 0.3) is 11.1 Å². The Morgan fingerprint density at radius 1 is 0.843 bits per heavy atom. The first-order chi connectivity index (χ1) is 23.2. The standard InChI is InChI=1S/C34H29ClF9N3O3.Na/c1-19(2)21-5-3-6-22(11-21)30-23(12-26(14-28(30)35)34(42,43)44)18-47(31-45-15-27(16-46-31)50-8-4-7-29(48)49)17-20-9-24(32(36,37)38)13-25(10-20)33(39,40)41;/h3,5-6,9-16,19H,4,7-8,17-18H2,1-2H3,(H,48,49);/q;+1/p-1. The number of hydrogen-bond donors (Lipinski definition) is 0. The molecule has 1 aromatic heterocycles. The Morgan fingerprint density at radius 3 is 1.94 bits per heavy atom. The van der Waals surface area contributed by atoms with E-state index in [-0.39, 0.29) is 88.8 Å². The first-order valence-electron chi connectivity index (χ1n) is 14.9. The fraction of sp³-hybridized carbons (Fsp3) is 0.324. The molecule has 0 radical (unpaired) electrons. The first kappa shape index (κ1) is 41.9. The Kier molecular flexibility index (Phi) is 13.9. The number of halogens is 10. The molecule has 0 spiro atoms. The van der Waals surface area contributed by atoms with Crippen molar-refractivity contribution in [2.24, 2.45) is 0 Å². The third-order valence-electron chi connectivity index (χ3n) is 7.41. The number of anilines is 1. The molecule has 268 valence electrons. The maximum absolute atomic E-state index is 14.0. The van der Waals surface area contributed by atoms with Crippen molar-refractivity contribution in [1.29, 1.82) is 0 Å². The Balaban J connectivity index is 0.00000702. The van der Waals surface area contributed by atoms with E-state index in [1.165, 1.54) is 0 Å². The molecule has 0 aliphatic rings. The van der Waals surface area contributed by atoms with Crippen molar-refractivity contribution in [3.05, 3.63) is 105 Å².